The van der Waals surface area contributed by atoms with Crippen molar-refractivity contribution in [3.8, 4) is 0 Å². The van der Waals surface area contributed by atoms with E-state index in [1.807, 2.05) is 30.3 Å². The zero-order valence-electron chi connectivity index (χ0n) is 8.49. The molecule has 0 aliphatic heterocycles. The van der Waals surface area contributed by atoms with Gasteiger partial charge in [-0.2, -0.15) is 10.2 Å². The van der Waals surface area contributed by atoms with Crippen LogP contribution in [-0.4, -0.2) is 0 Å². The van der Waals surface area contributed by atoms with E-state index in [9.17, 15) is 0 Å². The second-order valence-corrected chi connectivity index (χ2v) is 3.15. The monoisotopic (exact) mass is 209 g/mol. The van der Waals surface area contributed by atoms with Crippen LogP contribution in [0, 0.1) is 5.39 Å². The van der Waals surface area contributed by atoms with Gasteiger partial charge in [-0.05, 0) is 24.3 Å². The largest absolute Gasteiger partial charge is 0.385 e. The van der Waals surface area contributed by atoms with Gasteiger partial charge in [0.15, 0.2) is 4.98 Å². The normalized spacial score (nSPS) is 10.2. The lowest BCUT2D eigenvalue weighted by molar-refractivity contribution is 1.23. The fourth-order valence-electron chi connectivity index (χ4n) is 1.20. The summed E-state index contributed by atoms with van der Waals surface area (Å²) in [5.41, 5.74) is 2.02. The van der Waals surface area contributed by atoms with E-state index in [-0.39, 0.29) is 0 Å². The second-order valence-electron chi connectivity index (χ2n) is 3.15. The molecule has 0 aliphatic rings. The van der Waals surface area contributed by atoms with Crippen LogP contribution in [0.5, 0.6) is 0 Å². The smallest absolute Gasteiger partial charge is 0.151 e. The molecule has 4 nitrogen and oxygen atoms in total. The maximum atomic E-state index is 8.51. The number of azo groups is 1. The lowest BCUT2D eigenvalue weighted by Crippen LogP contribution is -1.64. The molecule has 0 radical (unpaired) electrons. The highest BCUT2D eigenvalue weighted by atomic mass is 15.1. The minimum atomic E-state index is 0.499. The van der Waals surface area contributed by atoms with Crippen molar-refractivity contribution in [3.63, 3.8) is 0 Å². The van der Waals surface area contributed by atoms with Gasteiger partial charge in [0.25, 0.3) is 0 Å². The molecule has 4 heteroatoms. The topological polar surface area (TPSA) is 52.9 Å². The van der Waals surface area contributed by atoms with Crippen LogP contribution in [0.2, 0.25) is 0 Å². The van der Waals surface area contributed by atoms with Crippen molar-refractivity contribution in [1.29, 1.82) is 5.39 Å². The SMILES string of the molecule is N#[N+]c1ccc(N=Nc2ccccc2)cc1. The minimum absolute atomic E-state index is 0.499. The first-order valence-electron chi connectivity index (χ1n) is 4.80. The standard InChI is InChI=1S/C12H9N4/c13-14-10-6-8-12(9-7-10)16-15-11-4-2-1-3-5-11/h1-9H/q+1. The molecule has 2 aromatic carbocycles. The lowest BCUT2D eigenvalue weighted by atomic mass is 10.3. The predicted molar refractivity (Wildman–Crippen MR) is 61.8 cm³/mol. The van der Waals surface area contributed by atoms with Gasteiger partial charge in [-0.15, -0.1) is 0 Å². The Labute approximate surface area is 92.9 Å². The highest BCUT2D eigenvalue weighted by Crippen LogP contribution is 2.20. The third-order valence-corrected chi connectivity index (χ3v) is 2.00. The number of rotatable bonds is 2. The molecule has 0 amide bonds. The summed E-state index contributed by atoms with van der Waals surface area (Å²) in [4.78, 5) is 3.06. The summed E-state index contributed by atoms with van der Waals surface area (Å²) < 4.78 is 0. The molecular formula is C12H9N4+. The highest BCUT2D eigenvalue weighted by Gasteiger charge is 2.01. The molecule has 2 rings (SSSR count). The molecular weight excluding hydrogens is 200 g/mol. The van der Waals surface area contributed by atoms with Crippen LogP contribution >= 0.6 is 0 Å². The number of diazo groups is 1. The van der Waals surface area contributed by atoms with Gasteiger partial charge in [-0.25, -0.2) is 0 Å². The van der Waals surface area contributed by atoms with Gasteiger partial charge in [-0.1, -0.05) is 18.2 Å². The maximum Gasteiger partial charge on any atom is 0.385 e. The van der Waals surface area contributed by atoms with Gasteiger partial charge in [0.05, 0.1) is 11.4 Å². The summed E-state index contributed by atoms with van der Waals surface area (Å²) >= 11 is 0. The first-order valence-corrected chi connectivity index (χ1v) is 4.80. The molecule has 0 bridgehead atoms. The van der Waals surface area contributed by atoms with E-state index in [1.165, 1.54) is 0 Å². The van der Waals surface area contributed by atoms with E-state index < -0.39 is 0 Å². The minimum Gasteiger partial charge on any atom is -0.151 e. The molecule has 16 heavy (non-hydrogen) atoms. The van der Waals surface area contributed by atoms with Crippen molar-refractivity contribution < 1.29 is 0 Å². The van der Waals surface area contributed by atoms with Crippen LogP contribution in [0.1, 0.15) is 0 Å². The Kier molecular flexibility index (Phi) is 3.00. The first-order chi connectivity index (χ1) is 7.88. The average molecular weight is 209 g/mol. The van der Waals surface area contributed by atoms with Crippen LogP contribution in [0.3, 0.4) is 0 Å². The van der Waals surface area contributed by atoms with Crippen molar-refractivity contribution >= 4 is 17.1 Å². The molecule has 76 valence electrons. The molecule has 0 aliphatic carbocycles. The van der Waals surface area contributed by atoms with Gasteiger partial charge in [0.1, 0.15) is 0 Å². The molecule has 0 unspecified atom stereocenters. The molecule has 2 aromatic rings. The predicted octanol–water partition coefficient (Wildman–Crippen LogP) is 4.59. The Hall–Kier alpha value is -2.54. The third kappa shape index (κ3) is 2.49. The number of hydrogen-bond acceptors (Lipinski definition) is 3. The van der Waals surface area contributed by atoms with Gasteiger partial charge < -0.3 is 0 Å². The fourth-order valence-corrected chi connectivity index (χ4v) is 1.20. The van der Waals surface area contributed by atoms with Crippen LogP contribution in [-0.2, 0) is 0 Å². The van der Waals surface area contributed by atoms with E-state index in [1.54, 1.807) is 24.3 Å². The average Bonchev–Trinajstić information content (AvgIpc) is 2.38. The number of hydrogen-bond donors (Lipinski definition) is 0. The molecule has 0 atom stereocenters. The molecule has 0 saturated heterocycles. The Morgan fingerprint density at radius 3 is 1.88 bits per heavy atom. The zero-order chi connectivity index (χ0) is 11.2. The van der Waals surface area contributed by atoms with Crippen LogP contribution in [0.15, 0.2) is 64.8 Å². The summed E-state index contributed by atoms with van der Waals surface area (Å²) in [5.74, 6) is 0. The quantitative estimate of drug-likeness (QED) is 0.527. The van der Waals surface area contributed by atoms with E-state index >= 15 is 0 Å². The summed E-state index contributed by atoms with van der Waals surface area (Å²) in [6.45, 7) is 0. The highest BCUT2D eigenvalue weighted by molar-refractivity contribution is 5.51. The van der Waals surface area contributed by atoms with E-state index in [0.29, 0.717) is 5.69 Å². The van der Waals surface area contributed by atoms with Gasteiger partial charge in [-0.3, -0.25) is 0 Å². The second kappa shape index (κ2) is 4.80. The molecule has 0 saturated carbocycles. The number of benzene rings is 2. The summed E-state index contributed by atoms with van der Waals surface area (Å²) in [7, 11) is 0. The Balaban J connectivity index is 2.15. The van der Waals surface area contributed by atoms with Crippen molar-refractivity contribution in [1.82, 2.24) is 0 Å². The van der Waals surface area contributed by atoms with Crippen LogP contribution in [0.25, 0.3) is 4.98 Å². The maximum absolute atomic E-state index is 8.51. The van der Waals surface area contributed by atoms with Crippen molar-refractivity contribution in [2.75, 3.05) is 0 Å². The molecule has 0 fully saturated rings. The van der Waals surface area contributed by atoms with E-state index in [2.05, 4.69) is 15.2 Å². The van der Waals surface area contributed by atoms with E-state index in [4.69, 9.17) is 5.39 Å². The summed E-state index contributed by atoms with van der Waals surface area (Å²) in [6.07, 6.45) is 0. The van der Waals surface area contributed by atoms with Crippen molar-refractivity contribution in [2.45, 2.75) is 0 Å². The van der Waals surface area contributed by atoms with Gasteiger partial charge in [0, 0.05) is 12.1 Å². The van der Waals surface area contributed by atoms with Crippen LogP contribution in [0.4, 0.5) is 17.1 Å². The first kappa shape index (κ1) is 9.99. The fraction of sp³-hybridized carbons (Fsp3) is 0. The van der Waals surface area contributed by atoms with Gasteiger partial charge >= 0.3 is 5.69 Å². The summed E-state index contributed by atoms with van der Waals surface area (Å²) in [6, 6.07) is 16.3. The zero-order valence-corrected chi connectivity index (χ0v) is 8.49. The Morgan fingerprint density at radius 2 is 1.31 bits per heavy atom. The molecule has 0 N–H and O–H groups in total. The summed E-state index contributed by atoms with van der Waals surface area (Å²) in [5, 5.41) is 16.6. The van der Waals surface area contributed by atoms with Gasteiger partial charge in [0.2, 0.25) is 5.39 Å². The number of nitrogens with zero attached hydrogens (tertiary/aromatic N) is 4. The Morgan fingerprint density at radius 1 is 0.750 bits per heavy atom. The lowest BCUT2D eigenvalue weighted by Gasteiger charge is -1.90. The molecule has 0 aromatic heterocycles. The third-order valence-electron chi connectivity index (χ3n) is 2.00. The molecule has 0 spiro atoms. The van der Waals surface area contributed by atoms with Crippen LogP contribution < -0.4 is 0 Å². The Bertz CT molecular complexity index is 523. The van der Waals surface area contributed by atoms with Crippen molar-refractivity contribution in [3.05, 3.63) is 59.6 Å². The van der Waals surface area contributed by atoms with Crippen molar-refractivity contribution in [2.24, 2.45) is 10.2 Å². The molecule has 0 heterocycles. The van der Waals surface area contributed by atoms with E-state index in [0.717, 1.165) is 11.4 Å².